The molecule has 11 heteroatoms. The van der Waals surface area contributed by atoms with Crippen LogP contribution in [0, 0.1) is 0 Å². The van der Waals surface area contributed by atoms with Crippen LogP contribution in [0.1, 0.15) is 17.7 Å². The number of rotatable bonds is 2. The Morgan fingerprint density at radius 3 is 2.00 bits per heavy atom. The Hall–Kier alpha value is -1.81. The summed E-state index contributed by atoms with van der Waals surface area (Å²) >= 11 is 0. The lowest BCUT2D eigenvalue weighted by Gasteiger charge is -2.16. The fourth-order valence-electron chi connectivity index (χ4n) is 1.05. The summed E-state index contributed by atoms with van der Waals surface area (Å²) < 4.78 is 100. The molecule has 108 valence electrons. The molecule has 0 bridgehead atoms. The number of aromatic hydroxyl groups is 1. The van der Waals surface area contributed by atoms with Crippen LogP contribution in [0.15, 0.2) is 6.07 Å². The Kier molecular flexibility index (Phi) is 3.77. The van der Waals surface area contributed by atoms with E-state index in [1.807, 2.05) is 0 Å². The Morgan fingerprint density at radius 1 is 1.11 bits per heavy atom. The second kappa shape index (κ2) is 4.70. The SMILES string of the molecule is Oc1cc(C(F)(F)F)c(OC(F)(F)F)nc1C(F)F. The van der Waals surface area contributed by atoms with Crippen LogP contribution < -0.4 is 4.74 Å². The van der Waals surface area contributed by atoms with Gasteiger partial charge < -0.3 is 9.84 Å². The fourth-order valence-corrected chi connectivity index (χ4v) is 1.05. The second-order valence-corrected chi connectivity index (χ2v) is 3.09. The van der Waals surface area contributed by atoms with Crippen molar-refractivity contribution in [1.29, 1.82) is 0 Å². The van der Waals surface area contributed by atoms with Crippen molar-refractivity contribution in [2.75, 3.05) is 0 Å². The van der Waals surface area contributed by atoms with Gasteiger partial charge in [0.05, 0.1) is 0 Å². The molecule has 19 heavy (non-hydrogen) atoms. The van der Waals surface area contributed by atoms with Crippen molar-refractivity contribution in [3.05, 3.63) is 17.3 Å². The summed E-state index contributed by atoms with van der Waals surface area (Å²) in [5.41, 5.74) is -3.76. The summed E-state index contributed by atoms with van der Waals surface area (Å²) in [5.74, 6) is -3.69. The molecule has 0 aliphatic carbocycles. The zero-order valence-electron chi connectivity index (χ0n) is 8.48. The molecule has 0 unspecified atom stereocenters. The molecule has 0 radical (unpaired) electrons. The first-order valence-corrected chi connectivity index (χ1v) is 4.27. The molecule has 3 nitrogen and oxygen atoms in total. The van der Waals surface area contributed by atoms with Gasteiger partial charge in [-0.3, -0.25) is 0 Å². The van der Waals surface area contributed by atoms with E-state index in [4.69, 9.17) is 5.11 Å². The van der Waals surface area contributed by atoms with Crippen molar-refractivity contribution >= 4 is 0 Å². The largest absolute Gasteiger partial charge is 0.574 e. The highest BCUT2D eigenvalue weighted by atomic mass is 19.4. The van der Waals surface area contributed by atoms with Gasteiger partial charge >= 0.3 is 12.5 Å². The number of hydrogen-bond donors (Lipinski definition) is 1. The molecule has 0 amide bonds. The zero-order valence-corrected chi connectivity index (χ0v) is 8.48. The normalized spacial score (nSPS) is 12.9. The third kappa shape index (κ3) is 3.83. The molecule has 0 aliphatic rings. The standard InChI is InChI=1S/C8H3F8NO2/c9-5(10)4-3(18)1-2(7(11,12)13)6(17-4)19-8(14,15)16/h1,5,18H. The molecule has 0 atom stereocenters. The van der Waals surface area contributed by atoms with E-state index in [0.29, 0.717) is 0 Å². The van der Waals surface area contributed by atoms with Crippen LogP contribution in [-0.2, 0) is 6.18 Å². The lowest BCUT2D eigenvalue weighted by Crippen LogP contribution is -2.21. The highest BCUT2D eigenvalue weighted by molar-refractivity contribution is 5.40. The van der Waals surface area contributed by atoms with E-state index < -0.39 is 41.9 Å². The topological polar surface area (TPSA) is 42.4 Å². The first-order chi connectivity index (χ1) is 8.42. The van der Waals surface area contributed by atoms with Crippen LogP contribution in [0.5, 0.6) is 11.6 Å². The summed E-state index contributed by atoms with van der Waals surface area (Å²) in [5, 5.41) is 8.87. The number of ether oxygens (including phenoxy) is 1. The molecule has 1 aromatic rings. The number of aromatic nitrogens is 1. The Morgan fingerprint density at radius 2 is 1.63 bits per heavy atom. The second-order valence-electron chi connectivity index (χ2n) is 3.09. The summed E-state index contributed by atoms with van der Waals surface area (Å²) in [6.45, 7) is 0. The van der Waals surface area contributed by atoms with Crippen molar-refractivity contribution in [2.45, 2.75) is 19.0 Å². The van der Waals surface area contributed by atoms with E-state index >= 15 is 0 Å². The molecular weight excluding hydrogens is 294 g/mol. The van der Waals surface area contributed by atoms with Crippen LogP contribution in [0.4, 0.5) is 35.1 Å². The first kappa shape index (κ1) is 15.2. The molecule has 0 fully saturated rings. The Bertz CT molecular complexity index is 467. The average Bonchev–Trinajstić information content (AvgIpc) is 2.15. The van der Waals surface area contributed by atoms with Crippen molar-refractivity contribution in [3.63, 3.8) is 0 Å². The van der Waals surface area contributed by atoms with Crippen molar-refractivity contribution in [1.82, 2.24) is 4.98 Å². The number of nitrogens with zero attached hydrogens (tertiary/aromatic N) is 1. The van der Waals surface area contributed by atoms with E-state index in [2.05, 4.69) is 9.72 Å². The summed E-state index contributed by atoms with van der Waals surface area (Å²) in [7, 11) is 0. The van der Waals surface area contributed by atoms with Gasteiger partial charge in [0, 0.05) is 0 Å². The molecule has 1 heterocycles. The number of alkyl halides is 8. The zero-order chi connectivity index (χ0) is 15.0. The molecule has 0 saturated heterocycles. The molecule has 0 aromatic carbocycles. The minimum Gasteiger partial charge on any atom is -0.506 e. The maximum Gasteiger partial charge on any atom is 0.574 e. The van der Waals surface area contributed by atoms with Crippen LogP contribution in [0.25, 0.3) is 0 Å². The lowest BCUT2D eigenvalue weighted by atomic mass is 10.2. The van der Waals surface area contributed by atoms with Gasteiger partial charge in [0.2, 0.25) is 5.88 Å². The van der Waals surface area contributed by atoms with Crippen LogP contribution in [0.2, 0.25) is 0 Å². The maximum atomic E-state index is 12.4. The van der Waals surface area contributed by atoms with Crippen LogP contribution >= 0.6 is 0 Å². The maximum absolute atomic E-state index is 12.4. The monoisotopic (exact) mass is 297 g/mol. The van der Waals surface area contributed by atoms with Gasteiger partial charge in [-0.15, -0.1) is 13.2 Å². The summed E-state index contributed by atoms with van der Waals surface area (Å²) in [4.78, 5) is 2.36. The molecule has 1 N–H and O–H groups in total. The molecular formula is C8H3F8NO2. The molecule has 0 aliphatic heterocycles. The molecule has 1 aromatic heterocycles. The number of halogens is 8. The van der Waals surface area contributed by atoms with E-state index in [9.17, 15) is 35.1 Å². The minimum atomic E-state index is -5.55. The predicted octanol–water partition coefficient (Wildman–Crippen LogP) is 3.64. The van der Waals surface area contributed by atoms with Crippen LogP contribution in [0.3, 0.4) is 0 Å². The smallest absolute Gasteiger partial charge is 0.506 e. The Labute approximate surface area is 99.0 Å². The highest BCUT2D eigenvalue weighted by Gasteiger charge is 2.42. The van der Waals surface area contributed by atoms with Gasteiger partial charge in [0.25, 0.3) is 6.43 Å². The molecule has 1 rings (SSSR count). The van der Waals surface area contributed by atoms with Gasteiger partial charge in [0.15, 0.2) is 5.69 Å². The van der Waals surface area contributed by atoms with Gasteiger partial charge in [-0.25, -0.2) is 13.8 Å². The van der Waals surface area contributed by atoms with Gasteiger partial charge in [0.1, 0.15) is 11.3 Å². The number of pyridine rings is 1. The molecule has 0 spiro atoms. The quantitative estimate of drug-likeness (QED) is 0.847. The molecule has 0 saturated carbocycles. The summed E-state index contributed by atoms with van der Waals surface area (Å²) in [6, 6.07) is -0.310. The average molecular weight is 297 g/mol. The third-order valence-electron chi connectivity index (χ3n) is 1.72. The lowest BCUT2D eigenvalue weighted by molar-refractivity contribution is -0.278. The van der Waals surface area contributed by atoms with E-state index in [0.717, 1.165) is 0 Å². The third-order valence-corrected chi connectivity index (χ3v) is 1.72. The highest BCUT2D eigenvalue weighted by Crippen LogP contribution is 2.41. The van der Waals surface area contributed by atoms with Crippen molar-refractivity contribution < 1.29 is 45.0 Å². The summed E-state index contributed by atoms with van der Waals surface area (Å²) in [6.07, 6.45) is -14.5. The van der Waals surface area contributed by atoms with E-state index in [-0.39, 0.29) is 6.07 Å². The first-order valence-electron chi connectivity index (χ1n) is 4.27. The van der Waals surface area contributed by atoms with Gasteiger partial charge in [-0.2, -0.15) is 13.2 Å². The fraction of sp³-hybridized carbons (Fsp3) is 0.375. The predicted molar refractivity (Wildman–Crippen MR) is 42.5 cm³/mol. The van der Waals surface area contributed by atoms with Gasteiger partial charge in [-0.1, -0.05) is 0 Å². The van der Waals surface area contributed by atoms with Crippen LogP contribution in [-0.4, -0.2) is 16.5 Å². The Balaban J connectivity index is 3.42. The minimum absolute atomic E-state index is 0.310. The van der Waals surface area contributed by atoms with E-state index in [1.54, 1.807) is 0 Å². The van der Waals surface area contributed by atoms with Crippen molar-refractivity contribution in [3.8, 4) is 11.6 Å². The van der Waals surface area contributed by atoms with Gasteiger partial charge in [-0.05, 0) is 6.07 Å². The number of hydrogen-bond acceptors (Lipinski definition) is 3. The van der Waals surface area contributed by atoms with E-state index in [1.165, 1.54) is 0 Å². The van der Waals surface area contributed by atoms with Crippen molar-refractivity contribution in [2.24, 2.45) is 0 Å².